The molecule has 0 aliphatic heterocycles. The monoisotopic (exact) mass is 306 g/mol. The summed E-state index contributed by atoms with van der Waals surface area (Å²) in [6, 6.07) is 0.352. The van der Waals surface area contributed by atoms with Crippen molar-refractivity contribution in [2.24, 2.45) is 11.1 Å². The van der Waals surface area contributed by atoms with Gasteiger partial charge in [0.1, 0.15) is 0 Å². The Morgan fingerprint density at radius 2 is 2.00 bits per heavy atom. The first kappa shape index (κ1) is 19.7. The maximum Gasteiger partial charge on any atom is 0.220 e. The van der Waals surface area contributed by atoms with Crippen LogP contribution < -0.4 is 11.1 Å². The predicted octanol–water partition coefficient (Wildman–Crippen LogP) is 2.64. The summed E-state index contributed by atoms with van der Waals surface area (Å²) in [4.78, 5) is 11.9. The second-order valence-corrected chi connectivity index (χ2v) is 5.76. The van der Waals surface area contributed by atoms with Gasteiger partial charge in [0.25, 0.3) is 0 Å². The second kappa shape index (κ2) is 8.85. The van der Waals surface area contributed by atoms with Crippen molar-refractivity contribution in [3.63, 3.8) is 0 Å². The van der Waals surface area contributed by atoms with Gasteiger partial charge in [0, 0.05) is 30.5 Å². The van der Waals surface area contributed by atoms with Crippen LogP contribution in [0.3, 0.4) is 0 Å². The van der Waals surface area contributed by atoms with Crippen LogP contribution in [0.2, 0.25) is 0 Å². The summed E-state index contributed by atoms with van der Waals surface area (Å²) in [6.45, 7) is 9.10. The first-order valence-corrected chi connectivity index (χ1v) is 7.66. The molecule has 0 aromatic carbocycles. The third-order valence-electron chi connectivity index (χ3n) is 4.63. The zero-order valence-corrected chi connectivity index (χ0v) is 14.1. The van der Waals surface area contributed by atoms with Crippen molar-refractivity contribution >= 4 is 18.3 Å². The summed E-state index contributed by atoms with van der Waals surface area (Å²) in [7, 11) is 0. The lowest BCUT2D eigenvalue weighted by molar-refractivity contribution is -0.148. The average molecular weight is 307 g/mol. The Bertz CT molecular complexity index is 294. The Hall–Kier alpha value is -0.320. The molecule has 0 aromatic rings. The van der Waals surface area contributed by atoms with Gasteiger partial charge in [0.05, 0.1) is 6.10 Å². The first-order valence-electron chi connectivity index (χ1n) is 7.66. The van der Waals surface area contributed by atoms with Crippen LogP contribution in [0.4, 0.5) is 0 Å². The largest absolute Gasteiger partial charge is 0.378 e. The molecule has 5 heteroatoms. The lowest BCUT2D eigenvalue weighted by Crippen LogP contribution is -2.64. The quantitative estimate of drug-likeness (QED) is 0.724. The van der Waals surface area contributed by atoms with Crippen LogP contribution in [0.25, 0.3) is 0 Å². The van der Waals surface area contributed by atoms with Crippen LogP contribution in [-0.2, 0) is 9.53 Å². The van der Waals surface area contributed by atoms with Crippen LogP contribution in [0.5, 0.6) is 0 Å². The molecule has 0 aromatic heterocycles. The molecule has 1 saturated carbocycles. The van der Waals surface area contributed by atoms with Crippen molar-refractivity contribution < 1.29 is 9.53 Å². The van der Waals surface area contributed by atoms with Crippen LogP contribution in [0, 0.1) is 5.41 Å². The number of amides is 1. The summed E-state index contributed by atoms with van der Waals surface area (Å²) in [6.07, 6.45) is 4.61. The molecule has 1 amide bonds. The van der Waals surface area contributed by atoms with Crippen molar-refractivity contribution in [2.75, 3.05) is 6.61 Å². The minimum atomic E-state index is 0. The van der Waals surface area contributed by atoms with Gasteiger partial charge in [-0.05, 0) is 39.5 Å². The van der Waals surface area contributed by atoms with E-state index in [4.69, 9.17) is 10.5 Å². The molecule has 1 fully saturated rings. The summed E-state index contributed by atoms with van der Waals surface area (Å²) in [5.74, 6) is 0.128. The minimum absolute atomic E-state index is 0. The predicted molar refractivity (Wildman–Crippen MR) is 85.1 cm³/mol. The number of halogens is 1. The molecule has 0 radical (unpaired) electrons. The van der Waals surface area contributed by atoms with Crippen LogP contribution >= 0.6 is 12.4 Å². The summed E-state index contributed by atoms with van der Waals surface area (Å²) in [5.41, 5.74) is 5.81. The van der Waals surface area contributed by atoms with E-state index in [9.17, 15) is 4.79 Å². The lowest BCUT2D eigenvalue weighted by Gasteiger charge is -2.55. The number of carbonyl (C=O) groups is 1. The Morgan fingerprint density at radius 1 is 1.40 bits per heavy atom. The van der Waals surface area contributed by atoms with Crippen LogP contribution in [0.1, 0.15) is 59.8 Å². The molecule has 0 spiro atoms. The number of rotatable bonds is 8. The molecule has 3 atom stereocenters. The molecule has 20 heavy (non-hydrogen) atoms. The van der Waals surface area contributed by atoms with E-state index in [2.05, 4.69) is 19.2 Å². The Balaban J connectivity index is 0.00000361. The molecule has 3 N–H and O–H groups in total. The number of hydrogen-bond donors (Lipinski definition) is 2. The van der Waals surface area contributed by atoms with Crippen LogP contribution in [-0.4, -0.2) is 30.7 Å². The fourth-order valence-electron chi connectivity index (χ4n) is 3.21. The van der Waals surface area contributed by atoms with Crippen LogP contribution in [0.15, 0.2) is 0 Å². The maximum absolute atomic E-state index is 11.9. The van der Waals surface area contributed by atoms with E-state index in [1.165, 1.54) is 0 Å². The lowest BCUT2D eigenvalue weighted by atomic mass is 9.58. The zero-order chi connectivity index (χ0) is 14.5. The van der Waals surface area contributed by atoms with E-state index >= 15 is 0 Å². The van der Waals surface area contributed by atoms with Gasteiger partial charge in [-0.25, -0.2) is 0 Å². The normalized spacial score (nSPS) is 25.2. The Labute approximate surface area is 129 Å². The third-order valence-corrected chi connectivity index (χ3v) is 4.63. The van der Waals surface area contributed by atoms with Crippen molar-refractivity contribution in [3.8, 4) is 0 Å². The van der Waals surface area contributed by atoms with Crippen molar-refractivity contribution in [1.29, 1.82) is 0 Å². The topological polar surface area (TPSA) is 64.3 Å². The second-order valence-electron chi connectivity index (χ2n) is 5.76. The van der Waals surface area contributed by atoms with Gasteiger partial charge in [-0.2, -0.15) is 0 Å². The highest BCUT2D eigenvalue weighted by molar-refractivity contribution is 5.85. The first-order chi connectivity index (χ1) is 9.00. The van der Waals surface area contributed by atoms with E-state index in [-0.39, 0.29) is 35.8 Å². The van der Waals surface area contributed by atoms with E-state index in [0.29, 0.717) is 12.5 Å². The minimum Gasteiger partial charge on any atom is -0.378 e. The summed E-state index contributed by atoms with van der Waals surface area (Å²) in [5, 5.41) is 3.18. The smallest absolute Gasteiger partial charge is 0.220 e. The average Bonchev–Trinajstić information content (AvgIpc) is 2.36. The summed E-state index contributed by atoms with van der Waals surface area (Å²) >= 11 is 0. The Kier molecular flexibility index (Phi) is 8.71. The standard InChI is InChI=1S/C15H30N2O2.ClH/c1-5-15(6-2)12(10-13(15)19-7-3)17-14(18)9-8-11(4)16;/h11-13H,5-10,16H2,1-4H3,(H,17,18);1H. The zero-order valence-electron chi connectivity index (χ0n) is 13.3. The van der Waals surface area contributed by atoms with Crippen molar-refractivity contribution in [1.82, 2.24) is 5.32 Å². The van der Waals surface area contributed by atoms with E-state index < -0.39 is 0 Å². The van der Waals surface area contributed by atoms with Gasteiger partial charge in [0.15, 0.2) is 0 Å². The summed E-state index contributed by atoms with van der Waals surface area (Å²) < 4.78 is 5.81. The molecule has 1 rings (SSSR count). The number of hydrogen-bond acceptors (Lipinski definition) is 3. The number of carbonyl (C=O) groups excluding carboxylic acids is 1. The molecular weight excluding hydrogens is 276 g/mol. The fourth-order valence-corrected chi connectivity index (χ4v) is 3.21. The molecule has 1 aliphatic carbocycles. The van der Waals surface area contributed by atoms with Crippen molar-refractivity contribution in [3.05, 3.63) is 0 Å². The van der Waals surface area contributed by atoms with E-state index in [1.54, 1.807) is 0 Å². The Morgan fingerprint density at radius 3 is 2.45 bits per heavy atom. The molecule has 3 unspecified atom stereocenters. The number of nitrogens with two attached hydrogens (primary N) is 1. The number of nitrogens with one attached hydrogen (secondary N) is 1. The maximum atomic E-state index is 11.9. The van der Waals surface area contributed by atoms with Gasteiger partial charge >= 0.3 is 0 Å². The van der Waals surface area contributed by atoms with Gasteiger partial charge in [0.2, 0.25) is 5.91 Å². The number of ether oxygens (including phenoxy) is 1. The van der Waals surface area contributed by atoms with Gasteiger partial charge < -0.3 is 15.8 Å². The van der Waals surface area contributed by atoms with E-state index in [0.717, 1.165) is 32.3 Å². The molecule has 120 valence electrons. The highest BCUT2D eigenvalue weighted by atomic mass is 35.5. The van der Waals surface area contributed by atoms with Gasteiger partial charge in [-0.3, -0.25) is 4.79 Å². The molecule has 0 bridgehead atoms. The highest BCUT2D eigenvalue weighted by Crippen LogP contribution is 2.48. The molecule has 4 nitrogen and oxygen atoms in total. The molecular formula is C15H31ClN2O2. The fraction of sp³-hybridized carbons (Fsp3) is 0.933. The molecule has 0 saturated heterocycles. The highest BCUT2D eigenvalue weighted by Gasteiger charge is 2.53. The van der Waals surface area contributed by atoms with Crippen molar-refractivity contribution in [2.45, 2.75) is 78.0 Å². The molecule has 0 heterocycles. The van der Waals surface area contributed by atoms with E-state index in [1.807, 2.05) is 13.8 Å². The molecule has 1 aliphatic rings. The SMILES string of the molecule is CCOC1CC(NC(=O)CCC(C)N)C1(CC)CC.Cl. The third kappa shape index (κ3) is 4.34. The van der Waals surface area contributed by atoms with Gasteiger partial charge in [-0.15, -0.1) is 12.4 Å². The van der Waals surface area contributed by atoms with Gasteiger partial charge in [-0.1, -0.05) is 13.8 Å².